The minimum Gasteiger partial charge on any atom is -0.245 e. The number of hydrogen-bond donors (Lipinski definition) is 0. The van der Waals surface area contributed by atoms with Crippen LogP contribution in [0.3, 0.4) is 0 Å². The molecule has 0 fully saturated rings. The largest absolute Gasteiger partial charge is 0.245 e. The van der Waals surface area contributed by atoms with Crippen molar-refractivity contribution in [2.75, 3.05) is 0 Å². The molecule has 12 rings (SSSR count). The van der Waals surface area contributed by atoms with Crippen LogP contribution in [0, 0.1) is 0 Å². The number of fused-ring (bicyclic) bond motifs is 9. The molecule has 9 heteroatoms. The van der Waals surface area contributed by atoms with Crippen LogP contribution in [-0.4, -0.2) is 44.0 Å². The van der Waals surface area contributed by atoms with E-state index < -0.39 is 5.41 Å². The Morgan fingerprint density at radius 3 is 1.26 bits per heavy atom. The molecule has 0 aliphatic heterocycles. The molecule has 7 aromatic heterocycles. The standard InChI is InChI=1S/C48H29N9/c1-3-14-30(15-4-1)48(31-16-5-2-6-17-31)38-24-8-7-18-36(38)40-37(19-9-25-39(40)48)41-53-46(56-42-32(20-10-26-49-42)33-21-11-27-50-43(33)56)55-47(54-41)57-44-34(22-12-28-51-44)35-23-13-29-52-45(35)57/h1-29H. The molecule has 7 heterocycles. The van der Waals surface area contributed by atoms with Crippen molar-refractivity contribution in [3.8, 4) is 34.4 Å². The SMILES string of the molecule is c1ccc(C2(c3ccccc3)c3ccccc3-c3c(-c4nc(-n5c6ncccc6c6cccnc65)nc(-n5c6ncccc6c6cccnc65)n4)cccc32)cc1. The van der Waals surface area contributed by atoms with E-state index in [1.54, 1.807) is 24.8 Å². The molecule has 0 saturated heterocycles. The molecular weight excluding hydrogens is 703 g/mol. The molecule has 4 aromatic carbocycles. The van der Waals surface area contributed by atoms with Crippen molar-refractivity contribution in [3.05, 3.63) is 199 Å². The lowest BCUT2D eigenvalue weighted by molar-refractivity contribution is 0.768. The summed E-state index contributed by atoms with van der Waals surface area (Å²) >= 11 is 0. The first-order valence-corrected chi connectivity index (χ1v) is 18.8. The summed E-state index contributed by atoms with van der Waals surface area (Å²) < 4.78 is 3.87. The molecule has 9 nitrogen and oxygen atoms in total. The summed E-state index contributed by atoms with van der Waals surface area (Å²) in [6.07, 6.45) is 7.15. The Balaban J connectivity index is 1.21. The lowest BCUT2D eigenvalue weighted by Gasteiger charge is -2.33. The third-order valence-electron chi connectivity index (χ3n) is 11.3. The number of benzene rings is 4. The van der Waals surface area contributed by atoms with Gasteiger partial charge in [-0.15, -0.1) is 0 Å². The van der Waals surface area contributed by atoms with Crippen LogP contribution in [0.2, 0.25) is 0 Å². The Morgan fingerprint density at radius 2 is 0.772 bits per heavy atom. The van der Waals surface area contributed by atoms with Gasteiger partial charge in [0.25, 0.3) is 0 Å². The summed E-state index contributed by atoms with van der Waals surface area (Å²) in [5.74, 6) is 1.27. The van der Waals surface area contributed by atoms with Crippen LogP contribution in [0.25, 0.3) is 78.5 Å². The second-order valence-corrected chi connectivity index (χ2v) is 14.2. The third kappa shape index (κ3) is 4.36. The van der Waals surface area contributed by atoms with Crippen LogP contribution >= 0.6 is 0 Å². The van der Waals surface area contributed by atoms with E-state index in [1.807, 2.05) is 33.4 Å². The second kappa shape index (κ2) is 12.0. The van der Waals surface area contributed by atoms with Crippen molar-refractivity contribution in [1.29, 1.82) is 0 Å². The Kier molecular flexibility index (Phi) is 6.64. The molecule has 0 saturated carbocycles. The topological polar surface area (TPSA) is 100 Å². The average Bonchev–Trinajstić information content (AvgIpc) is 3.91. The molecule has 11 aromatic rings. The van der Waals surface area contributed by atoms with Gasteiger partial charge in [0.2, 0.25) is 11.9 Å². The lowest BCUT2D eigenvalue weighted by Crippen LogP contribution is -2.28. The quantitative estimate of drug-likeness (QED) is 0.174. The second-order valence-electron chi connectivity index (χ2n) is 14.2. The molecule has 0 unspecified atom stereocenters. The average molecular weight is 732 g/mol. The Labute approximate surface area is 325 Å². The van der Waals surface area contributed by atoms with Gasteiger partial charge in [-0.3, -0.25) is 0 Å². The predicted octanol–water partition coefficient (Wildman–Crippen LogP) is 9.68. The zero-order valence-electron chi connectivity index (χ0n) is 30.3. The zero-order chi connectivity index (χ0) is 37.5. The van der Waals surface area contributed by atoms with E-state index in [2.05, 4.69) is 127 Å². The maximum atomic E-state index is 5.37. The van der Waals surface area contributed by atoms with Crippen LogP contribution in [0.4, 0.5) is 0 Å². The molecular formula is C48H29N9. The van der Waals surface area contributed by atoms with Crippen molar-refractivity contribution in [2.45, 2.75) is 5.41 Å². The first kappa shape index (κ1) is 31.4. The highest BCUT2D eigenvalue weighted by atomic mass is 15.3. The van der Waals surface area contributed by atoms with Crippen LogP contribution in [-0.2, 0) is 5.41 Å². The highest BCUT2D eigenvalue weighted by Gasteiger charge is 2.47. The summed E-state index contributed by atoms with van der Waals surface area (Å²) in [7, 11) is 0. The fraction of sp³-hybridized carbons (Fsp3) is 0.0208. The normalized spacial score (nSPS) is 13.1. The van der Waals surface area contributed by atoms with E-state index >= 15 is 0 Å². The highest BCUT2D eigenvalue weighted by molar-refractivity contribution is 6.07. The van der Waals surface area contributed by atoms with E-state index in [0.29, 0.717) is 40.3 Å². The molecule has 0 bridgehead atoms. The first-order valence-electron chi connectivity index (χ1n) is 18.8. The van der Waals surface area contributed by atoms with E-state index in [9.17, 15) is 0 Å². The van der Waals surface area contributed by atoms with Crippen LogP contribution in [0.15, 0.2) is 176 Å². The van der Waals surface area contributed by atoms with Gasteiger partial charge < -0.3 is 0 Å². The summed E-state index contributed by atoms with van der Waals surface area (Å²) in [5, 5.41) is 3.81. The maximum Gasteiger partial charge on any atom is 0.242 e. The molecule has 0 spiro atoms. The molecule has 0 amide bonds. The Morgan fingerprint density at radius 1 is 0.351 bits per heavy atom. The van der Waals surface area contributed by atoms with Gasteiger partial charge in [0.15, 0.2) is 5.82 Å². The summed E-state index contributed by atoms with van der Waals surface area (Å²) in [4.78, 5) is 35.4. The maximum absolute atomic E-state index is 5.37. The van der Waals surface area contributed by atoms with E-state index in [4.69, 9.17) is 34.9 Å². The zero-order valence-corrected chi connectivity index (χ0v) is 30.3. The number of pyridine rings is 4. The number of nitrogens with zero attached hydrogens (tertiary/aromatic N) is 9. The van der Waals surface area contributed by atoms with Gasteiger partial charge in [0.1, 0.15) is 22.6 Å². The number of rotatable bonds is 5. The Bertz CT molecular complexity index is 3090. The number of hydrogen-bond acceptors (Lipinski definition) is 7. The summed E-state index contributed by atoms with van der Waals surface area (Å²) in [6.45, 7) is 0. The van der Waals surface area contributed by atoms with Gasteiger partial charge >= 0.3 is 0 Å². The van der Waals surface area contributed by atoms with E-state index in [0.717, 1.165) is 43.8 Å². The highest BCUT2D eigenvalue weighted by Crippen LogP contribution is 2.58. The molecule has 1 aliphatic carbocycles. The molecule has 266 valence electrons. The van der Waals surface area contributed by atoms with Gasteiger partial charge in [-0.2, -0.15) is 15.0 Å². The third-order valence-corrected chi connectivity index (χ3v) is 11.3. The van der Waals surface area contributed by atoms with Crippen molar-refractivity contribution in [3.63, 3.8) is 0 Å². The van der Waals surface area contributed by atoms with Gasteiger partial charge in [0, 0.05) is 51.9 Å². The van der Waals surface area contributed by atoms with Gasteiger partial charge in [-0.05, 0) is 81.9 Å². The molecule has 1 aliphatic rings. The van der Waals surface area contributed by atoms with Gasteiger partial charge in [0.05, 0.1) is 5.41 Å². The fourth-order valence-electron chi connectivity index (χ4n) is 9.07. The monoisotopic (exact) mass is 731 g/mol. The van der Waals surface area contributed by atoms with Crippen molar-refractivity contribution in [2.24, 2.45) is 0 Å². The Hall–Kier alpha value is -7.91. The fourth-order valence-corrected chi connectivity index (χ4v) is 9.07. The summed E-state index contributed by atoms with van der Waals surface area (Å²) in [6, 6.07) is 52.8. The van der Waals surface area contributed by atoms with Crippen molar-refractivity contribution >= 4 is 44.1 Å². The van der Waals surface area contributed by atoms with Crippen molar-refractivity contribution in [1.82, 2.24) is 44.0 Å². The lowest BCUT2D eigenvalue weighted by atomic mass is 9.67. The van der Waals surface area contributed by atoms with E-state index in [-0.39, 0.29) is 0 Å². The molecule has 0 radical (unpaired) electrons. The molecule has 0 N–H and O–H groups in total. The van der Waals surface area contributed by atoms with E-state index in [1.165, 1.54) is 16.7 Å². The minimum absolute atomic E-state index is 0.385. The summed E-state index contributed by atoms with van der Waals surface area (Å²) in [5.41, 5.74) is 9.99. The predicted molar refractivity (Wildman–Crippen MR) is 222 cm³/mol. The van der Waals surface area contributed by atoms with Crippen LogP contribution in [0.1, 0.15) is 22.3 Å². The molecule has 57 heavy (non-hydrogen) atoms. The van der Waals surface area contributed by atoms with Crippen molar-refractivity contribution < 1.29 is 0 Å². The molecule has 0 atom stereocenters. The van der Waals surface area contributed by atoms with Crippen LogP contribution < -0.4 is 0 Å². The number of aromatic nitrogens is 9. The smallest absolute Gasteiger partial charge is 0.242 e. The van der Waals surface area contributed by atoms with Gasteiger partial charge in [-0.1, -0.05) is 103 Å². The van der Waals surface area contributed by atoms with Gasteiger partial charge in [-0.25, -0.2) is 29.1 Å². The minimum atomic E-state index is -0.593. The first-order chi connectivity index (χ1) is 28.3. The van der Waals surface area contributed by atoms with Crippen LogP contribution in [0.5, 0.6) is 0 Å².